The predicted molar refractivity (Wildman–Crippen MR) is 61.8 cm³/mol. The number of carbonyl (C=O) groups excluding carboxylic acids is 2. The molecule has 0 spiro atoms. The minimum absolute atomic E-state index is 0.145. The molecule has 1 N–H and O–H groups in total. The Balaban J connectivity index is 3.17. The van der Waals surface area contributed by atoms with E-state index in [4.69, 9.17) is 14.7 Å². The van der Waals surface area contributed by atoms with Crippen LogP contribution in [-0.2, 0) is 19.1 Å². The van der Waals surface area contributed by atoms with Crippen molar-refractivity contribution in [3.05, 3.63) is 11.3 Å². The fourth-order valence-corrected chi connectivity index (χ4v) is 1.38. The topological polar surface area (TPSA) is 88.4 Å². The Morgan fingerprint density at radius 1 is 1.22 bits per heavy atom. The molecule has 0 radical (unpaired) electrons. The minimum Gasteiger partial charge on any atom is -0.419 e. The number of nitrogens with zero attached hydrogens (tertiary/aromatic N) is 1. The summed E-state index contributed by atoms with van der Waals surface area (Å²) >= 11 is 0. The minimum atomic E-state index is -1.31. The zero-order valence-corrected chi connectivity index (χ0v) is 11.1. The van der Waals surface area contributed by atoms with Gasteiger partial charge in [0, 0.05) is 19.4 Å². The van der Waals surface area contributed by atoms with Gasteiger partial charge in [-0.1, -0.05) is 0 Å². The number of rotatable bonds is 1. The van der Waals surface area contributed by atoms with E-state index in [1.54, 1.807) is 26.8 Å². The first-order chi connectivity index (χ1) is 8.06. The van der Waals surface area contributed by atoms with Crippen molar-refractivity contribution >= 4 is 11.9 Å². The van der Waals surface area contributed by atoms with E-state index in [-0.39, 0.29) is 5.70 Å². The Bertz CT molecular complexity index is 441. The van der Waals surface area contributed by atoms with Crippen molar-refractivity contribution in [3.8, 4) is 6.07 Å². The summed E-state index contributed by atoms with van der Waals surface area (Å²) in [6.45, 7) is 8.29. The Hall–Kier alpha value is -2.03. The second-order valence-corrected chi connectivity index (χ2v) is 5.42. The number of esters is 2. The Morgan fingerprint density at radius 2 is 1.67 bits per heavy atom. The lowest BCUT2D eigenvalue weighted by molar-refractivity contribution is -0.222. The molecule has 0 unspecified atom stereocenters. The summed E-state index contributed by atoms with van der Waals surface area (Å²) in [5.41, 5.74) is -1.01. The van der Waals surface area contributed by atoms with Crippen molar-refractivity contribution in [1.29, 1.82) is 5.26 Å². The lowest BCUT2D eigenvalue weighted by atomic mass is 10.1. The molecule has 1 aliphatic rings. The number of hydrogen-bond donors (Lipinski definition) is 1. The summed E-state index contributed by atoms with van der Waals surface area (Å²) in [6.07, 6.45) is 0. The number of carbonyl (C=O) groups is 2. The normalized spacial score (nSPS) is 18.6. The van der Waals surface area contributed by atoms with Gasteiger partial charge in [-0.05, 0) is 20.8 Å². The second-order valence-electron chi connectivity index (χ2n) is 5.42. The van der Waals surface area contributed by atoms with Crippen molar-refractivity contribution in [2.24, 2.45) is 0 Å². The van der Waals surface area contributed by atoms with Crippen LogP contribution >= 0.6 is 0 Å². The third-order valence-corrected chi connectivity index (χ3v) is 1.95. The van der Waals surface area contributed by atoms with E-state index < -0.39 is 28.8 Å². The quantitative estimate of drug-likeness (QED) is 0.324. The maximum atomic E-state index is 11.7. The van der Waals surface area contributed by atoms with Gasteiger partial charge in [-0.2, -0.15) is 5.26 Å². The van der Waals surface area contributed by atoms with Crippen LogP contribution in [-0.4, -0.2) is 23.3 Å². The Labute approximate surface area is 106 Å². The molecule has 0 saturated carbocycles. The van der Waals surface area contributed by atoms with E-state index in [9.17, 15) is 9.59 Å². The SMILES string of the molecule is CC(C)(C)NC(C#N)=C1C(=O)OC(C)(C)OC1=O. The number of allylic oxidation sites excluding steroid dienone is 1. The smallest absolute Gasteiger partial charge is 0.351 e. The van der Waals surface area contributed by atoms with Crippen LogP contribution in [0.2, 0.25) is 0 Å². The summed E-state index contributed by atoms with van der Waals surface area (Å²) in [5, 5.41) is 11.8. The van der Waals surface area contributed by atoms with Gasteiger partial charge in [0.25, 0.3) is 5.79 Å². The molecule has 1 saturated heterocycles. The van der Waals surface area contributed by atoms with Crippen LogP contribution in [0, 0.1) is 11.3 Å². The molecular weight excluding hydrogens is 236 g/mol. The first-order valence-corrected chi connectivity index (χ1v) is 5.45. The average Bonchev–Trinajstić information content (AvgIpc) is 2.10. The molecule has 1 fully saturated rings. The summed E-state index contributed by atoms with van der Waals surface area (Å²) < 4.78 is 9.85. The molecule has 0 amide bonds. The predicted octanol–water partition coefficient (Wildman–Crippen LogP) is 0.988. The molecule has 6 nitrogen and oxygen atoms in total. The van der Waals surface area contributed by atoms with Crippen molar-refractivity contribution in [1.82, 2.24) is 5.32 Å². The van der Waals surface area contributed by atoms with E-state index in [0.717, 1.165) is 0 Å². The molecule has 0 aromatic carbocycles. The summed E-state index contributed by atoms with van der Waals surface area (Å²) in [6, 6.07) is 1.78. The van der Waals surface area contributed by atoms with Gasteiger partial charge in [0.2, 0.25) is 0 Å². The molecular formula is C12H16N2O4. The number of nitrogens with one attached hydrogen (secondary N) is 1. The number of hydrogen-bond acceptors (Lipinski definition) is 6. The molecule has 0 aromatic heterocycles. The monoisotopic (exact) mass is 252 g/mol. The maximum Gasteiger partial charge on any atom is 0.351 e. The number of ether oxygens (including phenoxy) is 2. The fraction of sp³-hybridized carbons (Fsp3) is 0.583. The van der Waals surface area contributed by atoms with Crippen LogP contribution in [0.3, 0.4) is 0 Å². The average molecular weight is 252 g/mol. The maximum absolute atomic E-state index is 11.7. The highest BCUT2D eigenvalue weighted by molar-refractivity contribution is 6.16. The van der Waals surface area contributed by atoms with Crippen LogP contribution in [0.1, 0.15) is 34.6 Å². The largest absolute Gasteiger partial charge is 0.419 e. The summed E-state index contributed by atoms with van der Waals surface area (Å²) in [4.78, 5) is 23.5. The Kier molecular flexibility index (Phi) is 3.38. The highest BCUT2D eigenvalue weighted by Gasteiger charge is 2.41. The van der Waals surface area contributed by atoms with Gasteiger partial charge in [0.15, 0.2) is 5.57 Å². The highest BCUT2D eigenvalue weighted by atomic mass is 16.7. The standard InChI is InChI=1S/C12H16N2O4/c1-11(2,3)14-7(6-13)8-9(15)17-12(4,5)18-10(8)16/h14H,1-5H3. The van der Waals surface area contributed by atoms with E-state index in [2.05, 4.69) is 5.32 Å². The van der Waals surface area contributed by atoms with Gasteiger partial charge in [-0.15, -0.1) is 0 Å². The zero-order valence-electron chi connectivity index (χ0n) is 11.1. The lowest BCUT2D eigenvalue weighted by Gasteiger charge is -2.31. The first kappa shape index (κ1) is 14.0. The number of cyclic esters (lactones) is 2. The van der Waals surface area contributed by atoms with Gasteiger partial charge in [0.1, 0.15) is 11.8 Å². The summed E-state index contributed by atoms with van der Waals surface area (Å²) in [5.74, 6) is -3.02. The van der Waals surface area contributed by atoms with Gasteiger partial charge in [-0.3, -0.25) is 0 Å². The van der Waals surface area contributed by atoms with Crippen LogP contribution in [0.4, 0.5) is 0 Å². The lowest BCUT2D eigenvalue weighted by Crippen LogP contribution is -2.44. The van der Waals surface area contributed by atoms with E-state index in [1.165, 1.54) is 13.8 Å². The van der Waals surface area contributed by atoms with Gasteiger partial charge in [0.05, 0.1) is 0 Å². The van der Waals surface area contributed by atoms with Crippen molar-refractivity contribution < 1.29 is 19.1 Å². The van der Waals surface area contributed by atoms with Crippen LogP contribution < -0.4 is 5.32 Å². The van der Waals surface area contributed by atoms with E-state index >= 15 is 0 Å². The van der Waals surface area contributed by atoms with Crippen LogP contribution in [0.5, 0.6) is 0 Å². The van der Waals surface area contributed by atoms with Gasteiger partial charge in [-0.25, -0.2) is 9.59 Å². The van der Waals surface area contributed by atoms with Gasteiger partial charge < -0.3 is 14.8 Å². The molecule has 0 aromatic rings. The first-order valence-electron chi connectivity index (χ1n) is 5.45. The number of nitriles is 1. The molecule has 6 heteroatoms. The van der Waals surface area contributed by atoms with Crippen LogP contribution in [0.25, 0.3) is 0 Å². The molecule has 98 valence electrons. The molecule has 1 aliphatic heterocycles. The third-order valence-electron chi connectivity index (χ3n) is 1.95. The molecule has 1 heterocycles. The van der Waals surface area contributed by atoms with Crippen molar-refractivity contribution in [3.63, 3.8) is 0 Å². The molecule has 1 rings (SSSR count). The van der Waals surface area contributed by atoms with E-state index in [1.807, 2.05) is 0 Å². The third kappa shape index (κ3) is 3.23. The van der Waals surface area contributed by atoms with Crippen LogP contribution in [0.15, 0.2) is 11.3 Å². The van der Waals surface area contributed by atoms with Gasteiger partial charge >= 0.3 is 11.9 Å². The fourth-order valence-electron chi connectivity index (χ4n) is 1.38. The molecule has 0 bridgehead atoms. The summed E-state index contributed by atoms with van der Waals surface area (Å²) in [7, 11) is 0. The zero-order chi connectivity index (χ0) is 14.1. The second kappa shape index (κ2) is 4.33. The molecule has 0 atom stereocenters. The van der Waals surface area contributed by atoms with Crippen molar-refractivity contribution in [2.75, 3.05) is 0 Å². The molecule has 0 aliphatic carbocycles. The molecule has 18 heavy (non-hydrogen) atoms. The van der Waals surface area contributed by atoms with Crippen molar-refractivity contribution in [2.45, 2.75) is 45.9 Å². The van der Waals surface area contributed by atoms with E-state index in [0.29, 0.717) is 0 Å². The Morgan fingerprint density at radius 3 is 2.00 bits per heavy atom. The highest BCUT2D eigenvalue weighted by Crippen LogP contribution is 2.24.